The standard InChI is InChI=1S/C18H21ClN2O3/c1-11-14(19)7-4-8-15(11)20-16(22)9-10-21-17(23)12-5-2-3-6-13(12)18(21)24/h4,7-8,12-13H,2-3,5-6,9-10H2,1H3,(H,20,22)/t12-,13+. The second-order valence-corrected chi connectivity index (χ2v) is 6.94. The second kappa shape index (κ2) is 6.93. The average molecular weight is 349 g/mol. The first-order valence-electron chi connectivity index (χ1n) is 8.39. The van der Waals surface area contributed by atoms with Gasteiger partial charge in [-0.05, 0) is 37.5 Å². The number of carbonyl (C=O) groups excluding carboxylic acids is 3. The summed E-state index contributed by atoms with van der Waals surface area (Å²) in [5.41, 5.74) is 1.45. The highest BCUT2D eigenvalue weighted by molar-refractivity contribution is 6.31. The van der Waals surface area contributed by atoms with Crippen molar-refractivity contribution in [2.24, 2.45) is 11.8 Å². The lowest BCUT2D eigenvalue weighted by atomic mass is 9.81. The van der Waals surface area contributed by atoms with Gasteiger partial charge < -0.3 is 5.32 Å². The Morgan fingerprint density at radius 3 is 2.46 bits per heavy atom. The Morgan fingerprint density at radius 2 is 1.83 bits per heavy atom. The molecular formula is C18H21ClN2O3. The fourth-order valence-electron chi connectivity index (χ4n) is 3.62. The molecule has 0 unspecified atom stereocenters. The van der Waals surface area contributed by atoms with Gasteiger partial charge in [-0.1, -0.05) is 30.5 Å². The summed E-state index contributed by atoms with van der Waals surface area (Å²) in [5, 5.41) is 3.38. The summed E-state index contributed by atoms with van der Waals surface area (Å²) in [4.78, 5) is 38.2. The van der Waals surface area contributed by atoms with Crippen molar-refractivity contribution in [3.63, 3.8) is 0 Å². The lowest BCUT2D eigenvalue weighted by Gasteiger charge is -2.19. The molecular weight excluding hydrogens is 328 g/mol. The number of fused-ring (bicyclic) bond motifs is 1. The molecule has 1 heterocycles. The van der Waals surface area contributed by atoms with Crippen molar-refractivity contribution >= 4 is 35.0 Å². The Labute approximate surface area is 146 Å². The number of hydrogen-bond donors (Lipinski definition) is 1. The van der Waals surface area contributed by atoms with Crippen LogP contribution in [0.4, 0.5) is 5.69 Å². The number of benzene rings is 1. The summed E-state index contributed by atoms with van der Waals surface area (Å²) < 4.78 is 0. The maximum absolute atomic E-state index is 12.4. The Kier molecular flexibility index (Phi) is 4.90. The smallest absolute Gasteiger partial charge is 0.233 e. The SMILES string of the molecule is Cc1c(Cl)cccc1NC(=O)CCN1C(=O)[C@H]2CCCC[C@H]2C1=O. The molecule has 1 aliphatic heterocycles. The highest BCUT2D eigenvalue weighted by atomic mass is 35.5. The molecule has 0 spiro atoms. The maximum atomic E-state index is 12.4. The van der Waals surface area contributed by atoms with Crippen LogP contribution >= 0.6 is 11.6 Å². The number of hydrogen-bond acceptors (Lipinski definition) is 3. The third-order valence-corrected chi connectivity index (χ3v) is 5.45. The summed E-state index contributed by atoms with van der Waals surface area (Å²) >= 11 is 6.04. The van der Waals surface area contributed by atoms with Gasteiger partial charge in [-0.3, -0.25) is 19.3 Å². The molecule has 1 saturated heterocycles. The van der Waals surface area contributed by atoms with Gasteiger partial charge in [0.1, 0.15) is 0 Å². The van der Waals surface area contributed by atoms with E-state index in [1.54, 1.807) is 18.2 Å². The van der Waals surface area contributed by atoms with Crippen LogP contribution in [-0.2, 0) is 14.4 Å². The largest absolute Gasteiger partial charge is 0.326 e. The molecule has 5 nitrogen and oxygen atoms in total. The van der Waals surface area contributed by atoms with Gasteiger partial charge in [-0.15, -0.1) is 0 Å². The van der Waals surface area contributed by atoms with E-state index < -0.39 is 0 Å². The van der Waals surface area contributed by atoms with Crippen molar-refractivity contribution in [3.05, 3.63) is 28.8 Å². The predicted molar refractivity (Wildman–Crippen MR) is 91.6 cm³/mol. The van der Waals surface area contributed by atoms with Crippen LogP contribution in [0.1, 0.15) is 37.7 Å². The Hall–Kier alpha value is -1.88. The van der Waals surface area contributed by atoms with E-state index in [2.05, 4.69) is 5.32 Å². The van der Waals surface area contributed by atoms with Crippen LogP contribution in [0.25, 0.3) is 0 Å². The van der Waals surface area contributed by atoms with E-state index in [4.69, 9.17) is 11.6 Å². The van der Waals surface area contributed by atoms with Gasteiger partial charge in [0.2, 0.25) is 17.7 Å². The van der Waals surface area contributed by atoms with E-state index in [-0.39, 0.29) is 42.5 Å². The minimum absolute atomic E-state index is 0.100. The summed E-state index contributed by atoms with van der Waals surface area (Å²) in [7, 11) is 0. The third kappa shape index (κ3) is 3.18. The van der Waals surface area contributed by atoms with E-state index in [1.807, 2.05) is 6.92 Å². The molecule has 0 aromatic heterocycles. The average Bonchev–Trinajstić information content (AvgIpc) is 2.82. The molecule has 128 valence electrons. The predicted octanol–water partition coefficient (Wildman–Crippen LogP) is 3.15. The summed E-state index contributed by atoms with van der Waals surface area (Å²) in [6.07, 6.45) is 3.69. The maximum Gasteiger partial charge on any atom is 0.233 e. The van der Waals surface area contributed by atoms with Gasteiger partial charge in [-0.2, -0.15) is 0 Å². The van der Waals surface area contributed by atoms with Crippen molar-refractivity contribution in [2.45, 2.75) is 39.0 Å². The quantitative estimate of drug-likeness (QED) is 0.850. The van der Waals surface area contributed by atoms with Crippen molar-refractivity contribution in [2.75, 3.05) is 11.9 Å². The second-order valence-electron chi connectivity index (χ2n) is 6.54. The number of likely N-dealkylation sites (tertiary alicyclic amines) is 1. The molecule has 1 aromatic rings. The van der Waals surface area contributed by atoms with E-state index in [0.29, 0.717) is 10.7 Å². The fraction of sp³-hybridized carbons (Fsp3) is 0.500. The first-order chi connectivity index (χ1) is 11.5. The topological polar surface area (TPSA) is 66.5 Å². The normalized spacial score (nSPS) is 23.3. The number of carbonyl (C=O) groups is 3. The zero-order valence-corrected chi connectivity index (χ0v) is 14.4. The number of imide groups is 1. The molecule has 3 rings (SSSR count). The van der Waals surface area contributed by atoms with Crippen LogP contribution in [0.5, 0.6) is 0 Å². The fourth-order valence-corrected chi connectivity index (χ4v) is 3.79. The molecule has 3 amide bonds. The number of anilines is 1. The number of amides is 3. The molecule has 0 radical (unpaired) electrons. The van der Waals surface area contributed by atoms with Crippen molar-refractivity contribution in [1.29, 1.82) is 0 Å². The molecule has 1 saturated carbocycles. The number of nitrogens with zero attached hydrogens (tertiary/aromatic N) is 1. The Morgan fingerprint density at radius 1 is 1.21 bits per heavy atom. The van der Waals surface area contributed by atoms with Gasteiger partial charge in [0.15, 0.2) is 0 Å². The third-order valence-electron chi connectivity index (χ3n) is 5.04. The zero-order valence-electron chi connectivity index (χ0n) is 13.7. The Bertz CT molecular complexity index is 665. The monoisotopic (exact) mass is 348 g/mol. The first-order valence-corrected chi connectivity index (χ1v) is 8.77. The van der Waals surface area contributed by atoms with Gasteiger partial charge in [0.25, 0.3) is 0 Å². The summed E-state index contributed by atoms with van der Waals surface area (Å²) in [5.74, 6) is -0.752. The van der Waals surface area contributed by atoms with E-state index in [1.165, 1.54) is 4.90 Å². The van der Waals surface area contributed by atoms with Gasteiger partial charge in [0.05, 0.1) is 11.8 Å². The van der Waals surface area contributed by atoms with E-state index >= 15 is 0 Å². The van der Waals surface area contributed by atoms with Crippen LogP contribution in [0.2, 0.25) is 5.02 Å². The zero-order chi connectivity index (χ0) is 17.3. The van der Waals surface area contributed by atoms with Crippen molar-refractivity contribution in [1.82, 2.24) is 4.90 Å². The van der Waals surface area contributed by atoms with Crippen molar-refractivity contribution in [3.8, 4) is 0 Å². The highest BCUT2D eigenvalue weighted by Crippen LogP contribution is 2.38. The van der Waals surface area contributed by atoms with Gasteiger partial charge in [-0.25, -0.2) is 0 Å². The molecule has 6 heteroatoms. The van der Waals surface area contributed by atoms with Crippen LogP contribution in [0.15, 0.2) is 18.2 Å². The summed E-state index contributed by atoms with van der Waals surface area (Å²) in [6.45, 7) is 1.98. The van der Waals surface area contributed by atoms with Crippen LogP contribution < -0.4 is 5.32 Å². The molecule has 24 heavy (non-hydrogen) atoms. The highest BCUT2D eigenvalue weighted by Gasteiger charge is 2.47. The van der Waals surface area contributed by atoms with Crippen molar-refractivity contribution < 1.29 is 14.4 Å². The molecule has 2 aliphatic rings. The molecule has 1 N–H and O–H groups in total. The Balaban J connectivity index is 1.59. The minimum Gasteiger partial charge on any atom is -0.326 e. The molecule has 1 aliphatic carbocycles. The van der Waals surface area contributed by atoms with Crippen LogP contribution in [0.3, 0.4) is 0 Å². The molecule has 0 bridgehead atoms. The van der Waals surface area contributed by atoms with Gasteiger partial charge in [0, 0.05) is 23.7 Å². The van der Waals surface area contributed by atoms with Crippen LogP contribution in [0, 0.1) is 18.8 Å². The molecule has 1 aromatic carbocycles. The number of halogens is 1. The molecule has 2 fully saturated rings. The first kappa shape index (κ1) is 17.0. The minimum atomic E-state index is -0.226. The van der Waals surface area contributed by atoms with Crippen LogP contribution in [-0.4, -0.2) is 29.2 Å². The number of nitrogens with one attached hydrogen (secondary N) is 1. The van der Waals surface area contributed by atoms with E-state index in [0.717, 1.165) is 31.2 Å². The van der Waals surface area contributed by atoms with Gasteiger partial charge >= 0.3 is 0 Å². The number of rotatable bonds is 4. The lowest BCUT2D eigenvalue weighted by Crippen LogP contribution is -2.34. The van der Waals surface area contributed by atoms with E-state index in [9.17, 15) is 14.4 Å². The molecule has 2 atom stereocenters. The lowest BCUT2D eigenvalue weighted by molar-refractivity contribution is -0.140. The summed E-state index contributed by atoms with van der Waals surface area (Å²) in [6, 6.07) is 5.30.